The van der Waals surface area contributed by atoms with Crippen LogP contribution in [0, 0.1) is 46.3 Å². The van der Waals surface area contributed by atoms with Crippen LogP contribution in [0.2, 0.25) is 0 Å². The zero-order chi connectivity index (χ0) is 23.7. The molecule has 0 spiro atoms. The van der Waals surface area contributed by atoms with E-state index in [2.05, 4.69) is 41.5 Å². The topological polar surface area (TPSA) is 43.4 Å². The Kier molecular flexibility index (Phi) is 8.33. The lowest BCUT2D eigenvalue weighted by atomic mass is 9.53. The Morgan fingerprint density at radius 1 is 1.00 bits per heavy atom. The highest BCUT2D eigenvalue weighted by atomic mass is 16.5. The molecule has 3 saturated carbocycles. The average molecular weight is 447 g/mol. The van der Waals surface area contributed by atoms with E-state index >= 15 is 0 Å². The molecule has 0 aromatic rings. The minimum atomic E-state index is -0.242. The van der Waals surface area contributed by atoms with Gasteiger partial charge in [0, 0.05) is 31.3 Å². The van der Waals surface area contributed by atoms with Crippen molar-refractivity contribution in [3.8, 4) is 0 Å². The molecule has 3 nitrogen and oxygen atoms in total. The van der Waals surface area contributed by atoms with Crippen molar-refractivity contribution in [2.24, 2.45) is 46.3 Å². The highest BCUT2D eigenvalue weighted by Gasteiger charge is 2.53. The zero-order valence-electron chi connectivity index (χ0n) is 22.0. The van der Waals surface area contributed by atoms with Crippen LogP contribution in [0.1, 0.15) is 112 Å². The first-order valence-corrected chi connectivity index (χ1v) is 13.6. The van der Waals surface area contributed by atoms with Gasteiger partial charge < -0.3 is 4.74 Å². The summed E-state index contributed by atoms with van der Waals surface area (Å²) in [4.78, 5) is 26.3. The minimum absolute atomic E-state index is 0.0934. The molecule has 32 heavy (non-hydrogen) atoms. The van der Waals surface area contributed by atoms with E-state index in [0.717, 1.165) is 69.6 Å². The van der Waals surface area contributed by atoms with Crippen molar-refractivity contribution in [1.82, 2.24) is 0 Å². The molecule has 0 aromatic heterocycles. The molecule has 3 heteroatoms. The maximum atomic E-state index is 13.2. The number of hydrogen-bond donors (Lipinski definition) is 0. The van der Waals surface area contributed by atoms with Gasteiger partial charge in [-0.1, -0.05) is 54.4 Å². The second-order valence-electron chi connectivity index (χ2n) is 12.7. The van der Waals surface area contributed by atoms with Gasteiger partial charge in [0.05, 0.1) is 6.10 Å². The molecule has 0 heterocycles. The van der Waals surface area contributed by atoms with Gasteiger partial charge in [0.15, 0.2) is 0 Å². The van der Waals surface area contributed by atoms with E-state index in [0.29, 0.717) is 35.4 Å². The highest BCUT2D eigenvalue weighted by molar-refractivity contribution is 5.87. The first kappa shape index (κ1) is 25.9. The standard InChI is InChI=1S/C29H50O3/c1-19(2)20(3)8-9-21(4)24-11-13-27(31)29(24,6)17-15-25-26(30)12-10-22-18-23(32-7)14-16-28(22,25)5/h19-25H,8-18H2,1-7H3/t20-,21-,22?,23+,24-,25?,28+,29-/m1/s1. The molecular formula is C29H50O3. The average Bonchev–Trinajstić information content (AvgIpc) is 3.05. The predicted octanol–water partition coefficient (Wildman–Crippen LogP) is 7.26. The summed E-state index contributed by atoms with van der Waals surface area (Å²) in [5.74, 6) is 4.14. The summed E-state index contributed by atoms with van der Waals surface area (Å²) in [6, 6.07) is 0. The van der Waals surface area contributed by atoms with E-state index in [1.807, 2.05) is 7.11 Å². The molecule has 3 fully saturated rings. The fourth-order valence-corrected chi connectivity index (χ4v) is 7.69. The van der Waals surface area contributed by atoms with Crippen molar-refractivity contribution in [2.75, 3.05) is 7.11 Å². The molecular weight excluding hydrogens is 396 g/mol. The Labute approximate surface area is 197 Å². The Morgan fingerprint density at radius 3 is 2.38 bits per heavy atom. The first-order chi connectivity index (χ1) is 15.0. The number of ketones is 2. The van der Waals surface area contributed by atoms with Gasteiger partial charge in [-0.05, 0) is 80.0 Å². The fourth-order valence-electron chi connectivity index (χ4n) is 7.69. The van der Waals surface area contributed by atoms with E-state index < -0.39 is 0 Å². The quantitative estimate of drug-likeness (QED) is 0.374. The molecule has 0 bridgehead atoms. The van der Waals surface area contributed by atoms with E-state index in [4.69, 9.17) is 4.74 Å². The molecule has 0 radical (unpaired) electrons. The van der Waals surface area contributed by atoms with Crippen LogP contribution >= 0.6 is 0 Å². The van der Waals surface area contributed by atoms with E-state index in [1.165, 1.54) is 12.8 Å². The second-order valence-corrected chi connectivity index (χ2v) is 12.7. The summed E-state index contributed by atoms with van der Waals surface area (Å²) in [6.07, 6.45) is 11.4. The van der Waals surface area contributed by atoms with Crippen LogP contribution in [-0.2, 0) is 14.3 Å². The van der Waals surface area contributed by atoms with Crippen LogP contribution in [0.25, 0.3) is 0 Å². The van der Waals surface area contributed by atoms with Gasteiger partial charge in [-0.25, -0.2) is 0 Å². The number of carbonyl (C=O) groups is 2. The number of rotatable bonds is 9. The molecule has 184 valence electrons. The zero-order valence-corrected chi connectivity index (χ0v) is 22.0. The van der Waals surface area contributed by atoms with Crippen LogP contribution in [0.3, 0.4) is 0 Å². The maximum Gasteiger partial charge on any atom is 0.139 e. The van der Waals surface area contributed by atoms with E-state index in [9.17, 15) is 9.59 Å². The predicted molar refractivity (Wildman–Crippen MR) is 131 cm³/mol. The number of methoxy groups -OCH3 is 1. The van der Waals surface area contributed by atoms with Crippen molar-refractivity contribution in [3.63, 3.8) is 0 Å². The van der Waals surface area contributed by atoms with Crippen molar-refractivity contribution in [3.05, 3.63) is 0 Å². The van der Waals surface area contributed by atoms with Crippen LogP contribution < -0.4 is 0 Å². The largest absolute Gasteiger partial charge is 0.381 e. The van der Waals surface area contributed by atoms with Gasteiger partial charge in [-0.15, -0.1) is 0 Å². The molecule has 8 atom stereocenters. The van der Waals surface area contributed by atoms with Crippen LogP contribution in [0.4, 0.5) is 0 Å². The van der Waals surface area contributed by atoms with Gasteiger partial charge in [-0.3, -0.25) is 9.59 Å². The van der Waals surface area contributed by atoms with Gasteiger partial charge in [0.2, 0.25) is 0 Å². The number of ether oxygens (including phenoxy) is 1. The first-order valence-electron chi connectivity index (χ1n) is 13.6. The Hall–Kier alpha value is -0.700. The summed E-state index contributed by atoms with van der Waals surface area (Å²) >= 11 is 0. The third-order valence-electron chi connectivity index (χ3n) is 10.7. The van der Waals surface area contributed by atoms with Crippen molar-refractivity contribution < 1.29 is 14.3 Å². The minimum Gasteiger partial charge on any atom is -0.381 e. The Bertz CT molecular complexity index is 669. The fraction of sp³-hybridized carbons (Fsp3) is 0.931. The number of fused-ring (bicyclic) bond motifs is 1. The smallest absolute Gasteiger partial charge is 0.139 e. The van der Waals surface area contributed by atoms with Crippen LogP contribution in [-0.4, -0.2) is 24.8 Å². The molecule has 2 unspecified atom stereocenters. The third-order valence-corrected chi connectivity index (χ3v) is 10.7. The van der Waals surface area contributed by atoms with Crippen LogP contribution in [0.15, 0.2) is 0 Å². The molecule has 0 saturated heterocycles. The van der Waals surface area contributed by atoms with Crippen molar-refractivity contribution in [2.45, 2.75) is 118 Å². The molecule has 0 amide bonds. The van der Waals surface area contributed by atoms with Gasteiger partial charge in [0.1, 0.15) is 11.6 Å². The molecule has 0 aromatic carbocycles. The Morgan fingerprint density at radius 2 is 1.72 bits per heavy atom. The lowest BCUT2D eigenvalue weighted by Crippen LogP contribution is -2.49. The molecule has 3 aliphatic rings. The van der Waals surface area contributed by atoms with Gasteiger partial charge >= 0.3 is 0 Å². The SMILES string of the molecule is CO[C@H]1CC[C@@]2(C)C(CCC(=O)C2CC[C@@]2(C)C(=O)CC[C@@H]2[C@H](C)CC[C@@H](C)C(C)C)C1. The van der Waals surface area contributed by atoms with Gasteiger partial charge in [0.25, 0.3) is 0 Å². The molecule has 0 N–H and O–H groups in total. The summed E-state index contributed by atoms with van der Waals surface area (Å²) in [5.41, 5.74) is -0.149. The number of Topliss-reactive ketones (excluding diaryl/α,β-unsaturated/α-hetero) is 2. The molecule has 3 rings (SSSR count). The van der Waals surface area contributed by atoms with Gasteiger partial charge in [-0.2, -0.15) is 0 Å². The lowest BCUT2D eigenvalue weighted by Gasteiger charge is -2.52. The summed E-state index contributed by atoms with van der Waals surface area (Å²) in [7, 11) is 1.83. The van der Waals surface area contributed by atoms with Crippen molar-refractivity contribution in [1.29, 1.82) is 0 Å². The number of carbonyl (C=O) groups excluding carboxylic acids is 2. The maximum absolute atomic E-state index is 13.2. The second kappa shape index (κ2) is 10.3. The normalized spacial score (nSPS) is 39.9. The molecule has 3 aliphatic carbocycles. The summed E-state index contributed by atoms with van der Waals surface area (Å²) < 4.78 is 5.68. The van der Waals surface area contributed by atoms with Crippen LogP contribution in [0.5, 0.6) is 0 Å². The third kappa shape index (κ3) is 5.03. The monoisotopic (exact) mass is 446 g/mol. The Balaban J connectivity index is 1.68. The van der Waals surface area contributed by atoms with E-state index in [-0.39, 0.29) is 16.7 Å². The number of hydrogen-bond acceptors (Lipinski definition) is 3. The summed E-state index contributed by atoms with van der Waals surface area (Å²) in [5, 5.41) is 0. The highest BCUT2D eigenvalue weighted by Crippen LogP contribution is 2.56. The summed E-state index contributed by atoms with van der Waals surface area (Å²) in [6.45, 7) is 14.0. The lowest BCUT2D eigenvalue weighted by molar-refractivity contribution is -0.141. The van der Waals surface area contributed by atoms with Crippen molar-refractivity contribution >= 4 is 11.6 Å². The molecule has 0 aliphatic heterocycles. The van der Waals surface area contributed by atoms with E-state index in [1.54, 1.807) is 0 Å².